The Labute approximate surface area is 220 Å². The fourth-order valence-corrected chi connectivity index (χ4v) is 4.88. The van der Waals surface area contributed by atoms with Crippen molar-refractivity contribution in [2.24, 2.45) is 0 Å². The van der Waals surface area contributed by atoms with Crippen LogP contribution in [0.1, 0.15) is 79.3 Å². The van der Waals surface area contributed by atoms with Crippen molar-refractivity contribution in [3.8, 4) is 16.9 Å². The summed E-state index contributed by atoms with van der Waals surface area (Å²) in [6.45, 7) is 4.27. The molecular formula is C31H32F4O3. The van der Waals surface area contributed by atoms with Gasteiger partial charge >= 0.3 is 5.97 Å². The molecule has 0 atom stereocenters. The topological polar surface area (TPSA) is 35.5 Å². The van der Waals surface area contributed by atoms with E-state index in [4.69, 9.17) is 9.47 Å². The highest BCUT2D eigenvalue weighted by Crippen LogP contribution is 2.38. The van der Waals surface area contributed by atoms with E-state index in [1.807, 2.05) is 13.8 Å². The standard InChI is InChI=1S/C31H32F4O3/c1-3-4-5-18-37-26-17-16-24(28(33)30(26)35)21-10-12-22(13-11-21)38-31(36)25-15-14-23(27(32)29(25)34)20-8-6-19(2)7-9-20/h6-9,14-17,21-22H,3-5,10-13,18H2,1-2H3. The van der Waals surface area contributed by atoms with E-state index in [1.54, 1.807) is 30.3 Å². The minimum Gasteiger partial charge on any atom is -0.490 e. The van der Waals surface area contributed by atoms with Gasteiger partial charge in [0.1, 0.15) is 6.10 Å². The van der Waals surface area contributed by atoms with Crippen LogP contribution in [-0.2, 0) is 4.74 Å². The molecule has 38 heavy (non-hydrogen) atoms. The Morgan fingerprint density at radius 3 is 2.21 bits per heavy atom. The van der Waals surface area contributed by atoms with Crippen molar-refractivity contribution in [1.29, 1.82) is 0 Å². The van der Waals surface area contributed by atoms with Crippen LogP contribution in [-0.4, -0.2) is 18.7 Å². The van der Waals surface area contributed by atoms with Crippen LogP contribution in [0.2, 0.25) is 0 Å². The Hall–Kier alpha value is -3.35. The maximum atomic E-state index is 14.8. The molecule has 0 unspecified atom stereocenters. The molecule has 0 aromatic heterocycles. The summed E-state index contributed by atoms with van der Waals surface area (Å²) in [6, 6.07) is 12.6. The third kappa shape index (κ3) is 6.20. The molecule has 0 heterocycles. The Morgan fingerprint density at radius 2 is 1.53 bits per heavy atom. The van der Waals surface area contributed by atoms with Crippen molar-refractivity contribution in [3.63, 3.8) is 0 Å². The van der Waals surface area contributed by atoms with Crippen LogP contribution in [0.3, 0.4) is 0 Å². The first-order valence-corrected chi connectivity index (χ1v) is 13.2. The number of unbranched alkanes of at least 4 members (excludes halogenated alkanes) is 2. The van der Waals surface area contributed by atoms with Crippen molar-refractivity contribution in [1.82, 2.24) is 0 Å². The molecule has 1 aliphatic carbocycles. The van der Waals surface area contributed by atoms with Gasteiger partial charge in [0, 0.05) is 5.56 Å². The second kappa shape index (κ2) is 12.5. The number of carbonyl (C=O) groups is 1. The third-order valence-electron chi connectivity index (χ3n) is 7.13. The fraction of sp³-hybridized carbons (Fsp3) is 0.387. The highest BCUT2D eigenvalue weighted by molar-refractivity contribution is 5.90. The lowest BCUT2D eigenvalue weighted by atomic mass is 9.82. The lowest BCUT2D eigenvalue weighted by molar-refractivity contribution is 0.0188. The third-order valence-corrected chi connectivity index (χ3v) is 7.13. The maximum Gasteiger partial charge on any atom is 0.341 e. The summed E-state index contributed by atoms with van der Waals surface area (Å²) in [5, 5.41) is 0. The number of aryl methyl sites for hydroxylation is 1. The van der Waals surface area contributed by atoms with Crippen molar-refractivity contribution in [2.75, 3.05) is 6.61 Å². The Bertz CT molecular complexity index is 1270. The number of hydrogen-bond donors (Lipinski definition) is 0. The zero-order valence-electron chi connectivity index (χ0n) is 21.7. The monoisotopic (exact) mass is 528 g/mol. The zero-order valence-corrected chi connectivity index (χ0v) is 21.7. The number of esters is 1. The number of carbonyl (C=O) groups excluding carboxylic acids is 1. The molecule has 0 bridgehead atoms. The fourth-order valence-electron chi connectivity index (χ4n) is 4.88. The van der Waals surface area contributed by atoms with Gasteiger partial charge in [-0.15, -0.1) is 0 Å². The van der Waals surface area contributed by atoms with Crippen LogP contribution in [0.25, 0.3) is 11.1 Å². The maximum absolute atomic E-state index is 14.8. The van der Waals surface area contributed by atoms with E-state index in [2.05, 4.69) is 0 Å². The average Bonchev–Trinajstić information content (AvgIpc) is 2.91. The van der Waals surface area contributed by atoms with Crippen molar-refractivity contribution in [3.05, 3.63) is 88.5 Å². The highest BCUT2D eigenvalue weighted by atomic mass is 19.2. The second-order valence-corrected chi connectivity index (χ2v) is 9.87. The van der Waals surface area contributed by atoms with Crippen LogP contribution in [0, 0.1) is 30.2 Å². The Morgan fingerprint density at radius 1 is 0.816 bits per heavy atom. The number of hydrogen-bond acceptors (Lipinski definition) is 3. The van der Waals surface area contributed by atoms with Crippen LogP contribution in [0.15, 0.2) is 48.5 Å². The summed E-state index contributed by atoms with van der Waals surface area (Å²) < 4.78 is 69.7. The van der Waals surface area contributed by atoms with Crippen molar-refractivity contribution in [2.45, 2.75) is 70.8 Å². The zero-order chi connectivity index (χ0) is 27.2. The van der Waals surface area contributed by atoms with E-state index in [0.717, 1.165) is 24.8 Å². The molecule has 0 N–H and O–H groups in total. The molecule has 1 fully saturated rings. The molecule has 1 aliphatic rings. The SMILES string of the molecule is CCCCCOc1ccc(C2CCC(OC(=O)c3ccc(-c4ccc(C)cc4)c(F)c3F)CC2)c(F)c1F. The lowest BCUT2D eigenvalue weighted by Gasteiger charge is -2.29. The highest BCUT2D eigenvalue weighted by Gasteiger charge is 2.30. The van der Waals surface area contributed by atoms with E-state index in [9.17, 15) is 22.4 Å². The predicted molar refractivity (Wildman–Crippen MR) is 138 cm³/mol. The summed E-state index contributed by atoms with van der Waals surface area (Å²) in [4.78, 5) is 12.6. The lowest BCUT2D eigenvalue weighted by Crippen LogP contribution is -2.25. The first-order chi connectivity index (χ1) is 18.3. The van der Waals surface area contributed by atoms with Crippen LogP contribution in [0.5, 0.6) is 5.75 Å². The van der Waals surface area contributed by atoms with E-state index in [1.165, 1.54) is 18.2 Å². The normalized spacial score (nSPS) is 17.3. The molecule has 3 nitrogen and oxygen atoms in total. The molecule has 7 heteroatoms. The molecule has 202 valence electrons. The Balaban J connectivity index is 1.36. The first kappa shape index (κ1) is 27.7. The van der Waals surface area contributed by atoms with E-state index in [-0.39, 0.29) is 22.8 Å². The molecule has 0 aliphatic heterocycles. The number of ether oxygens (including phenoxy) is 2. The minimum absolute atomic E-state index is 0.0613. The van der Waals surface area contributed by atoms with Gasteiger partial charge in [0.25, 0.3) is 0 Å². The molecule has 0 saturated heterocycles. The van der Waals surface area contributed by atoms with E-state index < -0.39 is 40.9 Å². The van der Waals surface area contributed by atoms with Crippen LogP contribution >= 0.6 is 0 Å². The predicted octanol–water partition coefficient (Wildman–Crippen LogP) is 8.67. The average molecular weight is 529 g/mol. The van der Waals surface area contributed by atoms with Gasteiger partial charge in [-0.1, -0.05) is 61.7 Å². The molecule has 0 radical (unpaired) electrons. The Kier molecular flexibility index (Phi) is 9.08. The van der Waals surface area contributed by atoms with Crippen LogP contribution < -0.4 is 4.74 Å². The summed E-state index contributed by atoms with van der Waals surface area (Å²) in [7, 11) is 0. The molecule has 4 rings (SSSR count). The van der Waals surface area contributed by atoms with Gasteiger partial charge in [0.05, 0.1) is 12.2 Å². The number of halogens is 4. The van der Waals surface area contributed by atoms with E-state index >= 15 is 0 Å². The van der Waals surface area contributed by atoms with Gasteiger partial charge in [-0.2, -0.15) is 4.39 Å². The smallest absolute Gasteiger partial charge is 0.341 e. The minimum atomic E-state index is -1.25. The van der Waals surface area contributed by atoms with Crippen molar-refractivity contribution >= 4 is 5.97 Å². The largest absolute Gasteiger partial charge is 0.490 e. The molecular weight excluding hydrogens is 496 g/mol. The molecule has 0 spiro atoms. The van der Waals surface area contributed by atoms with Gasteiger partial charge < -0.3 is 9.47 Å². The molecule has 1 saturated carbocycles. The van der Waals surface area contributed by atoms with E-state index in [0.29, 0.717) is 37.9 Å². The van der Waals surface area contributed by atoms with Crippen molar-refractivity contribution < 1.29 is 31.8 Å². The van der Waals surface area contributed by atoms with Crippen LogP contribution in [0.4, 0.5) is 17.6 Å². The first-order valence-electron chi connectivity index (χ1n) is 13.2. The summed E-state index contributed by atoms with van der Waals surface area (Å²) >= 11 is 0. The van der Waals surface area contributed by atoms with Gasteiger partial charge in [-0.05, 0) is 68.2 Å². The number of rotatable bonds is 9. The quantitative estimate of drug-likeness (QED) is 0.158. The van der Waals surface area contributed by atoms with Gasteiger partial charge in [-0.25, -0.2) is 18.0 Å². The molecule has 0 amide bonds. The number of benzene rings is 3. The molecule has 3 aromatic carbocycles. The van der Waals surface area contributed by atoms with Gasteiger partial charge in [0.2, 0.25) is 5.82 Å². The summed E-state index contributed by atoms with van der Waals surface area (Å²) in [5.74, 6) is -5.53. The molecule has 3 aromatic rings. The van der Waals surface area contributed by atoms with Gasteiger partial charge in [0.15, 0.2) is 23.2 Å². The van der Waals surface area contributed by atoms with Gasteiger partial charge in [-0.3, -0.25) is 0 Å². The summed E-state index contributed by atoms with van der Waals surface area (Å²) in [6.07, 6.45) is 3.95. The summed E-state index contributed by atoms with van der Waals surface area (Å²) in [5.41, 5.74) is 1.36. The second-order valence-electron chi connectivity index (χ2n) is 9.87.